The van der Waals surface area contributed by atoms with Crippen molar-refractivity contribution in [3.8, 4) is 11.3 Å². The number of benzene rings is 1. The number of rotatable bonds is 4. The van der Waals surface area contributed by atoms with Gasteiger partial charge in [-0.05, 0) is 12.1 Å². The lowest BCUT2D eigenvalue weighted by Gasteiger charge is -2.07. The summed E-state index contributed by atoms with van der Waals surface area (Å²) in [7, 11) is 0. The van der Waals surface area contributed by atoms with Gasteiger partial charge in [-0.3, -0.25) is 5.10 Å². The molecule has 0 saturated carbocycles. The van der Waals surface area contributed by atoms with Gasteiger partial charge in [0.15, 0.2) is 10.8 Å². The van der Waals surface area contributed by atoms with Crippen molar-refractivity contribution in [3.63, 3.8) is 0 Å². The molecule has 0 aliphatic heterocycles. The van der Waals surface area contributed by atoms with Crippen molar-refractivity contribution >= 4 is 57.2 Å². The van der Waals surface area contributed by atoms with Gasteiger partial charge >= 0.3 is 0 Å². The lowest BCUT2D eigenvalue weighted by molar-refractivity contribution is 0.935. The second-order valence-electron chi connectivity index (χ2n) is 6.07. The summed E-state index contributed by atoms with van der Waals surface area (Å²) in [6.07, 6.45) is 5.19. The SMILES string of the molecule is Clc1cc(NCc2nc3cc(Cl)c(Cl)cc3[nH]2)c2ncc(-c3cn[nH]c3)n2n1. The highest BCUT2D eigenvalue weighted by molar-refractivity contribution is 6.42. The third-order valence-corrected chi connectivity index (χ3v) is 5.16. The first-order chi connectivity index (χ1) is 13.6. The molecule has 0 amide bonds. The summed E-state index contributed by atoms with van der Waals surface area (Å²) in [4.78, 5) is 12.2. The molecule has 3 N–H and O–H groups in total. The second kappa shape index (κ2) is 6.66. The molecule has 5 rings (SSSR count). The summed E-state index contributed by atoms with van der Waals surface area (Å²) >= 11 is 18.3. The number of imidazole rings is 2. The Kier molecular flexibility index (Phi) is 4.12. The Bertz CT molecular complexity index is 1270. The minimum Gasteiger partial charge on any atom is -0.375 e. The smallest absolute Gasteiger partial charge is 0.177 e. The first-order valence-corrected chi connectivity index (χ1v) is 9.33. The summed E-state index contributed by atoms with van der Waals surface area (Å²) in [6, 6.07) is 5.20. The zero-order chi connectivity index (χ0) is 19.3. The average molecular weight is 434 g/mol. The van der Waals surface area contributed by atoms with Crippen LogP contribution in [0.3, 0.4) is 0 Å². The van der Waals surface area contributed by atoms with Gasteiger partial charge in [-0.25, -0.2) is 14.5 Å². The Balaban J connectivity index is 1.48. The Morgan fingerprint density at radius 2 is 1.93 bits per heavy atom. The predicted molar refractivity (Wildman–Crippen MR) is 109 cm³/mol. The number of aromatic nitrogens is 7. The Morgan fingerprint density at radius 3 is 2.75 bits per heavy atom. The molecular weight excluding hydrogens is 423 g/mol. The minimum absolute atomic E-state index is 0.334. The summed E-state index contributed by atoms with van der Waals surface area (Å²) in [5, 5.41) is 15.7. The molecule has 0 radical (unpaired) electrons. The zero-order valence-corrected chi connectivity index (χ0v) is 16.3. The first kappa shape index (κ1) is 17.3. The van der Waals surface area contributed by atoms with E-state index in [1.54, 1.807) is 41.3 Å². The Morgan fingerprint density at radius 1 is 1.07 bits per heavy atom. The highest BCUT2D eigenvalue weighted by atomic mass is 35.5. The molecule has 5 aromatic rings. The summed E-state index contributed by atoms with van der Waals surface area (Å²) < 4.78 is 1.67. The molecule has 1 aromatic carbocycles. The van der Waals surface area contributed by atoms with E-state index >= 15 is 0 Å². The van der Waals surface area contributed by atoms with E-state index in [0.717, 1.165) is 33.8 Å². The molecule has 11 heteroatoms. The molecule has 0 aliphatic rings. The van der Waals surface area contributed by atoms with Crippen molar-refractivity contribution in [2.45, 2.75) is 6.54 Å². The van der Waals surface area contributed by atoms with Gasteiger partial charge in [0.1, 0.15) is 5.82 Å². The van der Waals surface area contributed by atoms with E-state index in [4.69, 9.17) is 34.8 Å². The van der Waals surface area contributed by atoms with Crippen molar-refractivity contribution in [2.24, 2.45) is 0 Å². The van der Waals surface area contributed by atoms with E-state index in [2.05, 4.69) is 35.6 Å². The standard InChI is InChI=1S/C17H11Cl3N8/c18-9-1-11-12(2-10(9)19)26-16(25-11)7-21-13-3-15(20)27-28-14(6-22-17(13)28)8-4-23-24-5-8/h1-6,21H,7H2,(H,23,24)(H,25,26). The zero-order valence-electron chi connectivity index (χ0n) is 14.0. The van der Waals surface area contributed by atoms with Crippen LogP contribution < -0.4 is 5.32 Å². The number of H-pyrrole nitrogens is 2. The van der Waals surface area contributed by atoms with E-state index in [9.17, 15) is 0 Å². The molecule has 140 valence electrons. The highest BCUT2D eigenvalue weighted by Gasteiger charge is 2.14. The summed E-state index contributed by atoms with van der Waals surface area (Å²) in [5.74, 6) is 0.723. The molecule has 0 saturated heterocycles. The fourth-order valence-corrected chi connectivity index (χ4v) is 3.48. The molecule has 4 aromatic heterocycles. The lowest BCUT2D eigenvalue weighted by Crippen LogP contribution is -2.05. The molecule has 28 heavy (non-hydrogen) atoms. The first-order valence-electron chi connectivity index (χ1n) is 8.19. The van der Waals surface area contributed by atoms with E-state index in [0.29, 0.717) is 27.4 Å². The van der Waals surface area contributed by atoms with Crippen LogP contribution in [0.15, 0.2) is 36.8 Å². The van der Waals surface area contributed by atoms with E-state index in [1.807, 2.05) is 0 Å². The van der Waals surface area contributed by atoms with Crippen molar-refractivity contribution in [1.29, 1.82) is 0 Å². The maximum Gasteiger partial charge on any atom is 0.177 e. The van der Waals surface area contributed by atoms with Gasteiger partial charge in [0.25, 0.3) is 0 Å². The van der Waals surface area contributed by atoms with Crippen LogP contribution in [0.2, 0.25) is 15.2 Å². The van der Waals surface area contributed by atoms with E-state index < -0.39 is 0 Å². The van der Waals surface area contributed by atoms with Crippen LogP contribution in [0.5, 0.6) is 0 Å². The van der Waals surface area contributed by atoms with Crippen molar-refractivity contribution in [1.82, 2.24) is 34.8 Å². The molecule has 0 unspecified atom stereocenters. The van der Waals surface area contributed by atoms with Gasteiger partial charge in [-0.1, -0.05) is 34.8 Å². The molecule has 0 atom stereocenters. The number of hydrogen-bond donors (Lipinski definition) is 3. The van der Waals surface area contributed by atoms with Crippen LogP contribution in [0.4, 0.5) is 5.69 Å². The summed E-state index contributed by atoms with van der Waals surface area (Å²) in [6.45, 7) is 0.424. The number of aromatic amines is 2. The molecule has 8 nitrogen and oxygen atoms in total. The van der Waals surface area contributed by atoms with E-state index in [-0.39, 0.29) is 0 Å². The number of nitrogens with one attached hydrogen (secondary N) is 3. The third-order valence-electron chi connectivity index (χ3n) is 4.25. The van der Waals surface area contributed by atoms with Crippen LogP contribution in [-0.2, 0) is 6.54 Å². The molecule has 0 bridgehead atoms. The van der Waals surface area contributed by atoms with Crippen LogP contribution >= 0.6 is 34.8 Å². The largest absolute Gasteiger partial charge is 0.375 e. The molecule has 0 spiro atoms. The Labute approximate surface area is 172 Å². The minimum atomic E-state index is 0.334. The highest BCUT2D eigenvalue weighted by Crippen LogP contribution is 2.28. The lowest BCUT2D eigenvalue weighted by atomic mass is 10.3. The number of nitrogens with zero attached hydrogens (tertiary/aromatic N) is 5. The fourth-order valence-electron chi connectivity index (χ4n) is 2.98. The molecular formula is C17H11Cl3N8. The van der Waals surface area contributed by atoms with Crippen molar-refractivity contribution in [3.05, 3.63) is 57.8 Å². The van der Waals surface area contributed by atoms with Gasteiger partial charge in [0.2, 0.25) is 0 Å². The third kappa shape index (κ3) is 2.95. The number of halogens is 3. The molecule has 0 aliphatic carbocycles. The predicted octanol–water partition coefficient (Wildman–Crippen LogP) is 4.57. The number of hydrogen-bond acceptors (Lipinski definition) is 5. The monoisotopic (exact) mass is 432 g/mol. The second-order valence-corrected chi connectivity index (χ2v) is 7.27. The van der Waals surface area contributed by atoms with Crippen LogP contribution in [0.1, 0.15) is 5.82 Å². The van der Waals surface area contributed by atoms with Crippen LogP contribution in [0, 0.1) is 0 Å². The maximum absolute atomic E-state index is 6.22. The topological polar surface area (TPSA) is 99.6 Å². The number of fused-ring (bicyclic) bond motifs is 2. The van der Waals surface area contributed by atoms with Gasteiger partial charge in [-0.15, -0.1) is 0 Å². The molecule has 4 heterocycles. The summed E-state index contributed by atoms with van der Waals surface area (Å²) in [5.41, 5.74) is 4.56. The van der Waals surface area contributed by atoms with E-state index in [1.165, 1.54) is 0 Å². The Hall–Kier alpha value is -2.81. The average Bonchev–Trinajstić information content (AvgIpc) is 3.39. The molecule has 0 fully saturated rings. The number of anilines is 1. The van der Waals surface area contributed by atoms with Crippen LogP contribution in [-0.4, -0.2) is 34.8 Å². The normalized spacial score (nSPS) is 11.5. The van der Waals surface area contributed by atoms with Gasteiger partial charge in [-0.2, -0.15) is 10.2 Å². The quantitative estimate of drug-likeness (QED) is 0.385. The van der Waals surface area contributed by atoms with Crippen molar-refractivity contribution in [2.75, 3.05) is 5.32 Å². The van der Waals surface area contributed by atoms with Gasteiger partial charge < -0.3 is 10.3 Å². The van der Waals surface area contributed by atoms with Gasteiger partial charge in [0, 0.05) is 17.8 Å². The van der Waals surface area contributed by atoms with Crippen molar-refractivity contribution < 1.29 is 0 Å². The maximum atomic E-state index is 6.22. The fraction of sp³-hybridized carbons (Fsp3) is 0.0588. The van der Waals surface area contributed by atoms with Crippen LogP contribution in [0.25, 0.3) is 27.9 Å². The van der Waals surface area contributed by atoms with Gasteiger partial charge in [0.05, 0.1) is 51.4 Å².